The van der Waals surface area contributed by atoms with E-state index in [2.05, 4.69) is 20.8 Å². The van der Waals surface area contributed by atoms with E-state index in [0.717, 1.165) is 12.0 Å². The van der Waals surface area contributed by atoms with E-state index in [0.29, 0.717) is 6.42 Å². The predicted octanol–water partition coefficient (Wildman–Crippen LogP) is 4.17. The van der Waals surface area contributed by atoms with E-state index >= 15 is 0 Å². The van der Waals surface area contributed by atoms with Gasteiger partial charge in [-0.2, -0.15) is 0 Å². The molecule has 0 aliphatic carbocycles. The third kappa shape index (κ3) is 7.23. The highest BCUT2D eigenvalue weighted by atomic mass is 31.2. The summed E-state index contributed by atoms with van der Waals surface area (Å²) >= 11 is 0. The molecule has 1 atom stereocenters. The molecule has 5 heteroatoms. The Bertz CT molecular complexity index is 485. The highest BCUT2D eigenvalue weighted by molar-refractivity contribution is 7.46. The van der Waals surface area contributed by atoms with Crippen LogP contribution in [0.4, 0.5) is 0 Å². The van der Waals surface area contributed by atoms with Crippen LogP contribution in [-0.2, 0) is 15.5 Å². The zero-order valence-electron chi connectivity index (χ0n) is 13.5. The van der Waals surface area contributed by atoms with Gasteiger partial charge in [0, 0.05) is 0 Å². The zero-order valence-corrected chi connectivity index (χ0v) is 14.4. The largest absolute Gasteiger partial charge is 0.469 e. The predicted molar refractivity (Wildman–Crippen MR) is 84.9 cm³/mol. The van der Waals surface area contributed by atoms with Crippen LogP contribution in [0.25, 0.3) is 0 Å². The molecule has 0 radical (unpaired) electrons. The summed E-state index contributed by atoms with van der Waals surface area (Å²) in [5.74, 6) is 0. The molecular formula is C16H27O4P. The van der Waals surface area contributed by atoms with Crippen molar-refractivity contribution < 1.29 is 18.9 Å². The van der Waals surface area contributed by atoms with Crippen LogP contribution in [0.3, 0.4) is 0 Å². The van der Waals surface area contributed by atoms with Crippen LogP contribution in [0, 0.1) is 10.8 Å². The first kappa shape index (κ1) is 18.4. The van der Waals surface area contributed by atoms with E-state index in [1.54, 1.807) is 0 Å². The van der Waals surface area contributed by atoms with Crippen molar-refractivity contribution in [1.82, 2.24) is 0 Å². The summed E-state index contributed by atoms with van der Waals surface area (Å²) in [4.78, 5) is 18.4. The van der Waals surface area contributed by atoms with E-state index in [1.165, 1.54) is 0 Å². The number of phosphoric acid groups is 1. The maximum absolute atomic E-state index is 11.3. The second-order valence-electron chi connectivity index (χ2n) is 7.50. The van der Waals surface area contributed by atoms with Gasteiger partial charge >= 0.3 is 7.82 Å². The van der Waals surface area contributed by atoms with Crippen LogP contribution in [0.15, 0.2) is 30.3 Å². The first-order valence-corrected chi connectivity index (χ1v) is 8.70. The summed E-state index contributed by atoms with van der Waals surface area (Å²) in [6.45, 7) is 10.4. The Morgan fingerprint density at radius 3 is 2.05 bits per heavy atom. The van der Waals surface area contributed by atoms with Gasteiger partial charge in [-0.05, 0) is 29.2 Å². The van der Waals surface area contributed by atoms with Gasteiger partial charge in [0.15, 0.2) is 0 Å². The Hall–Kier alpha value is -0.670. The molecule has 0 aliphatic rings. The number of benzene rings is 1. The van der Waals surface area contributed by atoms with Crippen LogP contribution in [0.5, 0.6) is 0 Å². The van der Waals surface area contributed by atoms with Crippen molar-refractivity contribution >= 4 is 7.82 Å². The fourth-order valence-corrected chi connectivity index (χ4v) is 3.62. The number of hydrogen-bond acceptors (Lipinski definition) is 2. The average Bonchev–Trinajstić information content (AvgIpc) is 2.24. The van der Waals surface area contributed by atoms with Gasteiger partial charge in [0.25, 0.3) is 0 Å². The molecule has 0 aliphatic heterocycles. The lowest BCUT2D eigenvalue weighted by molar-refractivity contribution is 0.0183. The fourth-order valence-electron chi connectivity index (χ4n) is 2.93. The number of phosphoric ester groups is 1. The molecule has 0 fully saturated rings. The van der Waals surface area contributed by atoms with Crippen LogP contribution in [0.1, 0.15) is 46.6 Å². The first-order valence-electron chi connectivity index (χ1n) is 7.17. The summed E-state index contributed by atoms with van der Waals surface area (Å²) in [5, 5.41) is 0. The van der Waals surface area contributed by atoms with E-state index in [4.69, 9.17) is 4.52 Å². The molecule has 0 spiro atoms. The topological polar surface area (TPSA) is 66.8 Å². The summed E-state index contributed by atoms with van der Waals surface area (Å²) in [7, 11) is -4.52. The van der Waals surface area contributed by atoms with E-state index in [9.17, 15) is 14.4 Å². The molecule has 1 aromatic carbocycles. The van der Waals surface area contributed by atoms with E-state index in [1.807, 2.05) is 44.2 Å². The maximum Gasteiger partial charge on any atom is 0.469 e. The van der Waals surface area contributed by atoms with Gasteiger partial charge < -0.3 is 9.79 Å². The SMILES string of the molecule is CC(C)(C)CC(C)(C)C(Cc1ccccc1)OP(=O)(O)O. The van der Waals surface area contributed by atoms with Crippen molar-refractivity contribution in [3.05, 3.63) is 35.9 Å². The molecule has 2 N–H and O–H groups in total. The van der Waals surface area contributed by atoms with Crippen molar-refractivity contribution in [2.45, 2.75) is 53.6 Å². The van der Waals surface area contributed by atoms with Crippen LogP contribution in [-0.4, -0.2) is 15.9 Å². The quantitative estimate of drug-likeness (QED) is 0.773. The third-order valence-corrected chi connectivity index (χ3v) is 3.92. The maximum atomic E-state index is 11.3. The van der Waals surface area contributed by atoms with Crippen molar-refractivity contribution in [3.63, 3.8) is 0 Å². The Balaban J connectivity index is 2.99. The second kappa shape index (κ2) is 6.62. The summed E-state index contributed by atoms with van der Waals surface area (Å²) in [5.41, 5.74) is 0.712. The highest BCUT2D eigenvalue weighted by Gasteiger charge is 2.38. The molecule has 0 heterocycles. The van der Waals surface area contributed by atoms with Gasteiger partial charge in [-0.3, -0.25) is 4.52 Å². The summed E-state index contributed by atoms with van der Waals surface area (Å²) in [6.07, 6.45) is 0.743. The van der Waals surface area contributed by atoms with Gasteiger partial charge in [-0.25, -0.2) is 4.57 Å². The van der Waals surface area contributed by atoms with Gasteiger partial charge in [0.1, 0.15) is 0 Å². The minimum Gasteiger partial charge on any atom is -0.303 e. The van der Waals surface area contributed by atoms with Gasteiger partial charge in [-0.15, -0.1) is 0 Å². The molecule has 0 amide bonds. The fraction of sp³-hybridized carbons (Fsp3) is 0.625. The smallest absolute Gasteiger partial charge is 0.303 e. The summed E-state index contributed by atoms with van der Waals surface area (Å²) in [6, 6.07) is 9.65. The highest BCUT2D eigenvalue weighted by Crippen LogP contribution is 2.46. The monoisotopic (exact) mass is 314 g/mol. The van der Waals surface area contributed by atoms with E-state index < -0.39 is 13.9 Å². The molecule has 120 valence electrons. The minimum atomic E-state index is -4.52. The molecule has 0 saturated carbocycles. The Morgan fingerprint density at radius 2 is 1.62 bits per heavy atom. The molecule has 4 nitrogen and oxygen atoms in total. The molecule has 1 aromatic rings. The molecule has 0 saturated heterocycles. The molecule has 21 heavy (non-hydrogen) atoms. The molecule has 0 bridgehead atoms. The Labute approximate surface area is 127 Å². The van der Waals surface area contributed by atoms with Crippen molar-refractivity contribution in [1.29, 1.82) is 0 Å². The first-order chi connectivity index (χ1) is 9.39. The normalized spacial score (nSPS) is 15.0. The molecule has 1 rings (SSSR count). The van der Waals surface area contributed by atoms with Gasteiger partial charge in [0.05, 0.1) is 6.10 Å². The third-order valence-electron chi connectivity index (χ3n) is 3.39. The van der Waals surface area contributed by atoms with Crippen molar-refractivity contribution in [2.24, 2.45) is 10.8 Å². The summed E-state index contributed by atoms with van der Waals surface area (Å²) < 4.78 is 16.4. The van der Waals surface area contributed by atoms with Gasteiger partial charge in [-0.1, -0.05) is 65.0 Å². The average molecular weight is 314 g/mol. The lowest BCUT2D eigenvalue weighted by Gasteiger charge is -2.39. The minimum absolute atomic E-state index is 0.0523. The lowest BCUT2D eigenvalue weighted by Crippen LogP contribution is -2.36. The van der Waals surface area contributed by atoms with Crippen LogP contribution >= 0.6 is 7.82 Å². The van der Waals surface area contributed by atoms with Crippen LogP contribution in [0.2, 0.25) is 0 Å². The molecule has 0 aromatic heterocycles. The lowest BCUT2D eigenvalue weighted by atomic mass is 9.72. The zero-order chi connectivity index (χ0) is 16.3. The molecular weight excluding hydrogens is 287 g/mol. The van der Waals surface area contributed by atoms with Crippen molar-refractivity contribution in [3.8, 4) is 0 Å². The second-order valence-corrected chi connectivity index (χ2v) is 8.69. The number of hydrogen-bond donors (Lipinski definition) is 2. The Kier molecular flexibility index (Phi) is 5.79. The van der Waals surface area contributed by atoms with E-state index in [-0.39, 0.29) is 10.8 Å². The van der Waals surface area contributed by atoms with Crippen LogP contribution < -0.4 is 0 Å². The van der Waals surface area contributed by atoms with Gasteiger partial charge in [0.2, 0.25) is 0 Å². The number of rotatable bonds is 6. The standard InChI is InChI=1S/C16H27O4P/c1-15(2,3)12-16(4,5)14(20-21(17,18)19)11-13-9-7-6-8-10-13/h6-10,14H,11-12H2,1-5H3,(H2,17,18,19). The Morgan fingerprint density at radius 1 is 1.10 bits per heavy atom. The molecule has 1 unspecified atom stereocenters. The van der Waals surface area contributed by atoms with Crippen molar-refractivity contribution in [2.75, 3.05) is 0 Å².